The van der Waals surface area contributed by atoms with E-state index in [9.17, 15) is 19.5 Å². The number of carbonyl (C=O) groups is 3. The third-order valence-electron chi connectivity index (χ3n) is 2.32. The second-order valence-corrected chi connectivity index (χ2v) is 3.81. The van der Waals surface area contributed by atoms with Gasteiger partial charge >= 0.3 is 41.5 Å². The molecule has 0 bridgehead atoms. The predicted octanol–water partition coefficient (Wildman–Crippen LogP) is -5.29. The summed E-state index contributed by atoms with van der Waals surface area (Å²) in [7, 11) is 0. The molecule has 0 saturated carbocycles. The molecular formula is C10H17N2NaO6. The molecule has 0 aliphatic heterocycles. The van der Waals surface area contributed by atoms with Gasteiger partial charge in [-0.25, -0.2) is 0 Å². The van der Waals surface area contributed by atoms with Gasteiger partial charge in [0.15, 0.2) is 0 Å². The van der Waals surface area contributed by atoms with E-state index in [1.54, 1.807) is 0 Å². The molecule has 9 heteroatoms. The molecular weight excluding hydrogens is 267 g/mol. The maximum atomic E-state index is 10.9. The molecule has 0 aromatic carbocycles. The molecule has 0 aliphatic carbocycles. The van der Waals surface area contributed by atoms with Gasteiger partial charge in [-0.3, -0.25) is 14.5 Å². The number of unbranched alkanes of at least 4 members (excludes halogenated alkanes) is 1. The average molecular weight is 284 g/mol. The minimum Gasteiger partial charge on any atom is -0.548 e. The maximum Gasteiger partial charge on any atom is 1.00 e. The summed E-state index contributed by atoms with van der Waals surface area (Å²) in [4.78, 5) is 32.9. The Hall–Kier alpha value is -0.670. The molecule has 0 unspecified atom stereocenters. The smallest absolute Gasteiger partial charge is 0.548 e. The van der Waals surface area contributed by atoms with Crippen LogP contribution in [0.1, 0.15) is 19.3 Å². The topological polar surface area (TPSA) is 144 Å². The summed E-state index contributed by atoms with van der Waals surface area (Å²) in [5, 5.41) is 28.2. The summed E-state index contributed by atoms with van der Waals surface area (Å²) in [5.41, 5.74) is 5.26. The van der Waals surface area contributed by atoms with Gasteiger partial charge in [-0.1, -0.05) is 6.42 Å². The molecule has 0 aliphatic rings. The third-order valence-corrected chi connectivity index (χ3v) is 2.32. The second-order valence-electron chi connectivity index (χ2n) is 3.81. The van der Waals surface area contributed by atoms with Crippen LogP contribution in [0.5, 0.6) is 0 Å². The Balaban J connectivity index is 0. The van der Waals surface area contributed by atoms with E-state index in [2.05, 4.69) is 0 Å². The van der Waals surface area contributed by atoms with Crippen molar-refractivity contribution < 1.29 is 59.3 Å². The Morgan fingerprint density at radius 2 is 1.58 bits per heavy atom. The number of hydrogen-bond donors (Lipinski definition) is 3. The molecule has 8 nitrogen and oxygen atoms in total. The Morgan fingerprint density at radius 1 is 1.11 bits per heavy atom. The first-order chi connectivity index (χ1) is 8.38. The van der Waals surface area contributed by atoms with E-state index < -0.39 is 37.0 Å². The van der Waals surface area contributed by atoms with E-state index in [1.165, 1.54) is 0 Å². The van der Waals surface area contributed by atoms with Crippen molar-refractivity contribution in [3.63, 3.8) is 0 Å². The summed E-state index contributed by atoms with van der Waals surface area (Å²) in [6.45, 7) is -0.932. The summed E-state index contributed by atoms with van der Waals surface area (Å²) >= 11 is 0. The number of nitrogens with zero attached hydrogens (tertiary/aromatic N) is 1. The van der Waals surface area contributed by atoms with Gasteiger partial charge in [-0.2, -0.15) is 0 Å². The van der Waals surface area contributed by atoms with Crippen LogP contribution >= 0.6 is 0 Å². The van der Waals surface area contributed by atoms with Gasteiger partial charge in [0.05, 0.1) is 25.1 Å². The predicted molar refractivity (Wildman–Crippen MR) is 58.5 cm³/mol. The van der Waals surface area contributed by atoms with Crippen LogP contribution in [0.15, 0.2) is 0 Å². The zero-order chi connectivity index (χ0) is 14.1. The molecule has 0 heterocycles. The fourth-order valence-electron chi connectivity index (χ4n) is 1.56. The minimum atomic E-state index is -1.48. The average Bonchev–Trinajstić information content (AvgIpc) is 2.21. The summed E-state index contributed by atoms with van der Waals surface area (Å²) in [6, 6.07) is -1.23. The van der Waals surface area contributed by atoms with Crippen molar-refractivity contribution >= 4 is 17.9 Å². The fourth-order valence-corrected chi connectivity index (χ4v) is 1.56. The fraction of sp³-hybridized carbons (Fsp3) is 0.700. The van der Waals surface area contributed by atoms with Gasteiger partial charge in [-0.15, -0.1) is 0 Å². The van der Waals surface area contributed by atoms with E-state index >= 15 is 0 Å². The number of nitrogens with two attached hydrogens (primary N) is 1. The van der Waals surface area contributed by atoms with Gasteiger partial charge in [0.2, 0.25) is 0 Å². The van der Waals surface area contributed by atoms with Crippen molar-refractivity contribution in [1.82, 2.24) is 4.90 Å². The van der Waals surface area contributed by atoms with Crippen molar-refractivity contribution in [3.05, 3.63) is 0 Å². The van der Waals surface area contributed by atoms with Gasteiger partial charge in [0, 0.05) is 0 Å². The van der Waals surface area contributed by atoms with E-state index in [4.69, 9.17) is 15.9 Å². The van der Waals surface area contributed by atoms with Crippen LogP contribution in [0.2, 0.25) is 0 Å². The molecule has 0 amide bonds. The van der Waals surface area contributed by atoms with E-state index in [1.807, 2.05) is 0 Å². The Morgan fingerprint density at radius 3 is 1.89 bits per heavy atom. The van der Waals surface area contributed by atoms with Gasteiger partial charge in [0.25, 0.3) is 0 Å². The first kappa shape index (κ1) is 20.6. The molecule has 0 saturated heterocycles. The standard InChI is InChI=1S/C10H18N2O6.Na/c11-4-2-1-3-7(10(17)18)12(5-8(13)14)6-9(15)16;/h7H,1-6,11H2,(H,13,14)(H,15,16)(H,17,18);/q;+1/p-1/t7-;/m0./s1. The number of aliphatic carboxylic acids is 3. The minimum absolute atomic E-state index is 0. The molecule has 0 fully saturated rings. The zero-order valence-electron chi connectivity index (χ0n) is 10.9. The number of rotatable bonds is 10. The van der Waals surface area contributed by atoms with Crippen molar-refractivity contribution in [2.45, 2.75) is 25.3 Å². The van der Waals surface area contributed by atoms with Crippen LogP contribution < -0.4 is 40.4 Å². The van der Waals surface area contributed by atoms with E-state index in [-0.39, 0.29) is 36.0 Å². The third kappa shape index (κ3) is 9.85. The number of carboxylic acids is 3. The monoisotopic (exact) mass is 284 g/mol. The molecule has 0 aromatic rings. The Bertz CT molecular complexity index is 296. The SMILES string of the molecule is NCCCC[C@@H](C(=O)[O-])N(CC(=O)O)CC(=O)O.[Na+]. The van der Waals surface area contributed by atoms with Crippen LogP contribution in [-0.2, 0) is 14.4 Å². The molecule has 19 heavy (non-hydrogen) atoms. The summed E-state index contributed by atoms with van der Waals surface area (Å²) < 4.78 is 0. The van der Waals surface area contributed by atoms with Crippen LogP contribution in [-0.4, -0.2) is 58.7 Å². The van der Waals surface area contributed by atoms with Crippen LogP contribution in [0.4, 0.5) is 0 Å². The van der Waals surface area contributed by atoms with Gasteiger partial charge in [0.1, 0.15) is 0 Å². The van der Waals surface area contributed by atoms with Crippen molar-refractivity contribution in [2.75, 3.05) is 19.6 Å². The molecule has 0 aromatic heterocycles. The Kier molecular flexibility index (Phi) is 12.1. The molecule has 0 radical (unpaired) electrons. The van der Waals surface area contributed by atoms with E-state index in [0.29, 0.717) is 19.4 Å². The van der Waals surface area contributed by atoms with Gasteiger partial charge in [-0.05, 0) is 19.4 Å². The first-order valence-corrected chi connectivity index (χ1v) is 5.47. The summed E-state index contributed by atoms with van der Waals surface area (Å²) in [5.74, 6) is -4.06. The molecule has 1 atom stereocenters. The molecule has 4 N–H and O–H groups in total. The van der Waals surface area contributed by atoms with Crippen molar-refractivity contribution in [1.29, 1.82) is 0 Å². The normalized spacial score (nSPS) is 11.7. The number of carboxylic acid groups (broad SMARTS) is 3. The first-order valence-electron chi connectivity index (χ1n) is 5.47. The van der Waals surface area contributed by atoms with Crippen molar-refractivity contribution in [3.8, 4) is 0 Å². The van der Waals surface area contributed by atoms with Crippen LogP contribution in [0.3, 0.4) is 0 Å². The van der Waals surface area contributed by atoms with Gasteiger partial charge < -0.3 is 25.8 Å². The Labute approximate surface area is 132 Å². The largest absolute Gasteiger partial charge is 1.00 e. The summed E-state index contributed by atoms with van der Waals surface area (Å²) in [6.07, 6.45) is 1.16. The molecule has 0 rings (SSSR count). The number of hydrogen-bond acceptors (Lipinski definition) is 6. The zero-order valence-corrected chi connectivity index (χ0v) is 12.9. The number of carbonyl (C=O) groups excluding carboxylic acids is 1. The van der Waals surface area contributed by atoms with Crippen LogP contribution in [0.25, 0.3) is 0 Å². The van der Waals surface area contributed by atoms with Crippen molar-refractivity contribution in [2.24, 2.45) is 5.73 Å². The molecule has 0 spiro atoms. The maximum absolute atomic E-state index is 10.9. The molecule has 104 valence electrons. The van der Waals surface area contributed by atoms with Crippen LogP contribution in [0, 0.1) is 0 Å². The quantitative estimate of drug-likeness (QED) is 0.266. The second kappa shape index (κ2) is 11.2. The van der Waals surface area contributed by atoms with E-state index in [0.717, 1.165) is 4.90 Å².